The highest BCUT2D eigenvalue weighted by molar-refractivity contribution is 5.92. The molecule has 0 spiro atoms. The van der Waals surface area contributed by atoms with Crippen LogP contribution in [-0.2, 0) is 7.05 Å². The standard InChI is InChI=1S/C17H24N6O/c1-21(2)14-6-7-15(18-11-14)17(24)20-13-5-4-10-23(12-13)16-8-9-19-22(16)3/h6-9,11,13H,4-5,10,12H2,1-3H3,(H,20,24). The minimum atomic E-state index is -0.114. The molecule has 1 unspecified atom stereocenters. The molecule has 0 bridgehead atoms. The van der Waals surface area contributed by atoms with Crippen LogP contribution in [0.25, 0.3) is 0 Å². The Bertz CT molecular complexity index is 693. The molecule has 24 heavy (non-hydrogen) atoms. The van der Waals surface area contributed by atoms with Gasteiger partial charge in [0.05, 0.1) is 18.1 Å². The number of hydrogen-bond donors (Lipinski definition) is 1. The van der Waals surface area contributed by atoms with Crippen LogP contribution in [0.1, 0.15) is 23.3 Å². The Balaban J connectivity index is 1.62. The fourth-order valence-corrected chi connectivity index (χ4v) is 3.02. The summed E-state index contributed by atoms with van der Waals surface area (Å²) >= 11 is 0. The highest BCUT2D eigenvalue weighted by Gasteiger charge is 2.23. The van der Waals surface area contributed by atoms with E-state index in [0.29, 0.717) is 5.69 Å². The van der Waals surface area contributed by atoms with Crippen molar-refractivity contribution in [2.45, 2.75) is 18.9 Å². The van der Waals surface area contributed by atoms with Crippen molar-refractivity contribution in [3.05, 3.63) is 36.3 Å². The normalized spacial score (nSPS) is 17.6. The van der Waals surface area contributed by atoms with E-state index in [2.05, 4.69) is 20.3 Å². The summed E-state index contributed by atoms with van der Waals surface area (Å²) in [7, 11) is 5.84. The predicted octanol–water partition coefficient (Wildman–Crippen LogP) is 1.28. The third-order valence-corrected chi connectivity index (χ3v) is 4.37. The van der Waals surface area contributed by atoms with Gasteiger partial charge in [-0.25, -0.2) is 4.98 Å². The van der Waals surface area contributed by atoms with Gasteiger partial charge in [0.2, 0.25) is 0 Å². The van der Waals surface area contributed by atoms with Gasteiger partial charge in [0.15, 0.2) is 0 Å². The lowest BCUT2D eigenvalue weighted by Gasteiger charge is -2.34. The number of aromatic nitrogens is 3. The maximum absolute atomic E-state index is 12.4. The minimum absolute atomic E-state index is 0.114. The van der Waals surface area contributed by atoms with E-state index in [0.717, 1.165) is 37.4 Å². The largest absolute Gasteiger partial charge is 0.376 e. The van der Waals surface area contributed by atoms with E-state index in [4.69, 9.17) is 0 Å². The quantitative estimate of drug-likeness (QED) is 0.916. The van der Waals surface area contributed by atoms with E-state index in [-0.39, 0.29) is 11.9 Å². The fraction of sp³-hybridized carbons (Fsp3) is 0.471. The lowest BCUT2D eigenvalue weighted by molar-refractivity contribution is 0.0928. The molecule has 7 nitrogen and oxygen atoms in total. The van der Waals surface area contributed by atoms with Gasteiger partial charge < -0.3 is 15.1 Å². The summed E-state index contributed by atoms with van der Waals surface area (Å²) in [5.41, 5.74) is 1.44. The number of amides is 1. The van der Waals surface area contributed by atoms with Crippen LogP contribution in [0, 0.1) is 0 Å². The van der Waals surface area contributed by atoms with Crippen LogP contribution in [0.15, 0.2) is 30.6 Å². The molecule has 128 valence electrons. The molecule has 2 aromatic heterocycles. The third-order valence-electron chi connectivity index (χ3n) is 4.37. The number of carbonyl (C=O) groups is 1. The number of pyridine rings is 1. The second-order valence-corrected chi connectivity index (χ2v) is 6.37. The minimum Gasteiger partial charge on any atom is -0.376 e. The number of anilines is 2. The van der Waals surface area contributed by atoms with Crippen molar-refractivity contribution in [3.8, 4) is 0 Å². The van der Waals surface area contributed by atoms with E-state index >= 15 is 0 Å². The Morgan fingerprint density at radius 3 is 2.79 bits per heavy atom. The molecular formula is C17H24N6O. The van der Waals surface area contributed by atoms with Crippen LogP contribution in [0.4, 0.5) is 11.5 Å². The predicted molar refractivity (Wildman–Crippen MR) is 94.5 cm³/mol. The SMILES string of the molecule is CN(C)c1ccc(C(=O)NC2CCCN(c3ccnn3C)C2)nc1. The number of hydrogen-bond acceptors (Lipinski definition) is 5. The smallest absolute Gasteiger partial charge is 0.270 e. The summed E-state index contributed by atoms with van der Waals surface area (Å²) in [5.74, 6) is 0.972. The van der Waals surface area contributed by atoms with Gasteiger partial charge in [-0.3, -0.25) is 9.48 Å². The highest BCUT2D eigenvalue weighted by Crippen LogP contribution is 2.19. The monoisotopic (exact) mass is 328 g/mol. The van der Waals surface area contributed by atoms with Crippen molar-refractivity contribution >= 4 is 17.4 Å². The first-order chi connectivity index (χ1) is 11.5. The Kier molecular flexibility index (Phi) is 4.69. The van der Waals surface area contributed by atoms with Gasteiger partial charge in [0, 0.05) is 46.3 Å². The Morgan fingerprint density at radius 1 is 1.33 bits per heavy atom. The number of aryl methyl sites for hydroxylation is 1. The molecule has 0 aromatic carbocycles. The summed E-state index contributed by atoms with van der Waals surface area (Å²) in [5, 5.41) is 7.33. The molecule has 3 rings (SSSR count). The van der Waals surface area contributed by atoms with E-state index in [1.54, 1.807) is 18.5 Å². The topological polar surface area (TPSA) is 66.3 Å². The molecule has 0 radical (unpaired) electrons. The second kappa shape index (κ2) is 6.90. The Labute approximate surface area is 142 Å². The number of nitrogens with zero attached hydrogens (tertiary/aromatic N) is 5. The summed E-state index contributed by atoms with van der Waals surface area (Å²) in [6.45, 7) is 1.78. The molecule has 1 aliphatic rings. The van der Waals surface area contributed by atoms with Crippen LogP contribution in [0.5, 0.6) is 0 Å². The van der Waals surface area contributed by atoms with E-state index in [1.807, 2.05) is 42.9 Å². The molecule has 1 saturated heterocycles. The van der Waals surface area contributed by atoms with Crippen LogP contribution >= 0.6 is 0 Å². The maximum Gasteiger partial charge on any atom is 0.270 e. The summed E-state index contributed by atoms with van der Waals surface area (Å²) in [6, 6.07) is 5.81. The summed E-state index contributed by atoms with van der Waals surface area (Å²) < 4.78 is 1.87. The zero-order chi connectivity index (χ0) is 17.1. The number of piperidine rings is 1. The van der Waals surface area contributed by atoms with Gasteiger partial charge in [-0.05, 0) is 25.0 Å². The van der Waals surface area contributed by atoms with Crippen molar-refractivity contribution in [1.29, 1.82) is 0 Å². The van der Waals surface area contributed by atoms with Crippen molar-refractivity contribution < 1.29 is 4.79 Å². The molecule has 1 N–H and O–H groups in total. The molecular weight excluding hydrogens is 304 g/mol. The molecule has 3 heterocycles. The second-order valence-electron chi connectivity index (χ2n) is 6.37. The fourth-order valence-electron chi connectivity index (χ4n) is 3.02. The molecule has 0 aliphatic carbocycles. The van der Waals surface area contributed by atoms with Gasteiger partial charge in [-0.15, -0.1) is 0 Å². The van der Waals surface area contributed by atoms with Gasteiger partial charge in [0.25, 0.3) is 5.91 Å². The highest BCUT2D eigenvalue weighted by atomic mass is 16.1. The van der Waals surface area contributed by atoms with E-state index in [1.165, 1.54) is 0 Å². The molecule has 1 amide bonds. The molecule has 0 saturated carbocycles. The van der Waals surface area contributed by atoms with Crippen LogP contribution in [0.3, 0.4) is 0 Å². The van der Waals surface area contributed by atoms with Crippen molar-refractivity contribution in [1.82, 2.24) is 20.1 Å². The van der Waals surface area contributed by atoms with E-state index < -0.39 is 0 Å². The number of carbonyl (C=O) groups excluding carboxylic acids is 1. The maximum atomic E-state index is 12.4. The summed E-state index contributed by atoms with van der Waals surface area (Å²) in [4.78, 5) is 20.9. The van der Waals surface area contributed by atoms with Crippen molar-refractivity contribution in [2.75, 3.05) is 37.0 Å². The lowest BCUT2D eigenvalue weighted by atomic mass is 10.1. The average Bonchev–Trinajstić information content (AvgIpc) is 3.01. The molecule has 1 atom stereocenters. The van der Waals surface area contributed by atoms with Gasteiger partial charge in [-0.2, -0.15) is 5.10 Å². The molecule has 1 fully saturated rings. The van der Waals surface area contributed by atoms with E-state index in [9.17, 15) is 4.79 Å². The zero-order valence-corrected chi connectivity index (χ0v) is 14.4. The Morgan fingerprint density at radius 2 is 2.17 bits per heavy atom. The number of rotatable bonds is 4. The number of nitrogens with one attached hydrogen (secondary N) is 1. The first kappa shape index (κ1) is 16.3. The van der Waals surface area contributed by atoms with Crippen molar-refractivity contribution in [3.63, 3.8) is 0 Å². The van der Waals surface area contributed by atoms with Crippen LogP contribution in [0.2, 0.25) is 0 Å². The Hall–Kier alpha value is -2.57. The van der Waals surface area contributed by atoms with Crippen LogP contribution < -0.4 is 15.1 Å². The first-order valence-electron chi connectivity index (χ1n) is 8.22. The summed E-state index contributed by atoms with van der Waals surface area (Å²) in [6.07, 6.45) is 5.55. The van der Waals surface area contributed by atoms with Crippen molar-refractivity contribution in [2.24, 2.45) is 7.05 Å². The molecule has 1 aliphatic heterocycles. The lowest BCUT2D eigenvalue weighted by Crippen LogP contribution is -2.48. The zero-order valence-electron chi connectivity index (χ0n) is 14.4. The van der Waals surface area contributed by atoms with Gasteiger partial charge in [-0.1, -0.05) is 0 Å². The third kappa shape index (κ3) is 3.50. The first-order valence-corrected chi connectivity index (χ1v) is 8.22. The van der Waals surface area contributed by atoms with Crippen LogP contribution in [-0.4, -0.2) is 53.9 Å². The molecule has 2 aromatic rings. The average molecular weight is 328 g/mol. The van der Waals surface area contributed by atoms with Gasteiger partial charge >= 0.3 is 0 Å². The van der Waals surface area contributed by atoms with Gasteiger partial charge in [0.1, 0.15) is 11.5 Å². The molecule has 7 heteroatoms.